The Morgan fingerprint density at radius 1 is 0.512 bits per heavy atom. The van der Waals surface area contributed by atoms with Crippen LogP contribution in [-0.2, 0) is 4.74 Å². The van der Waals surface area contributed by atoms with Crippen molar-refractivity contribution in [1.82, 2.24) is 29.7 Å². The monoisotopic (exact) mass is 1100 g/mol. The summed E-state index contributed by atoms with van der Waals surface area (Å²) in [6.07, 6.45) is 34.2. The molecule has 0 saturated carbocycles. The molecule has 7 rings (SSSR count). The molecule has 5 aromatic rings. The highest BCUT2D eigenvalue weighted by molar-refractivity contribution is 5.97. The zero-order valence-electron chi connectivity index (χ0n) is 50.8. The number of rotatable bonds is 32. The van der Waals surface area contributed by atoms with E-state index in [2.05, 4.69) is 203 Å². The maximum atomic E-state index is 6.36. The number of fused-ring (bicyclic) bond motifs is 6. The van der Waals surface area contributed by atoms with Crippen LogP contribution in [-0.4, -0.2) is 97.4 Å². The van der Waals surface area contributed by atoms with E-state index in [1.807, 2.05) is 26.0 Å². The number of hydrogen-bond acceptors (Lipinski definition) is 8. The van der Waals surface area contributed by atoms with Crippen molar-refractivity contribution in [3.63, 3.8) is 0 Å². The molecule has 10 heteroatoms. The molecule has 434 valence electrons. The van der Waals surface area contributed by atoms with Gasteiger partial charge in [0, 0.05) is 57.8 Å². The number of hydrogen-bond donors (Lipinski definition) is 2. The Hall–Kier alpha value is -7.40. The van der Waals surface area contributed by atoms with Gasteiger partial charge in [0.2, 0.25) is 0 Å². The van der Waals surface area contributed by atoms with Crippen LogP contribution in [0.15, 0.2) is 122 Å². The summed E-state index contributed by atoms with van der Waals surface area (Å²) < 4.78 is 25.0. The molecule has 0 amide bonds. The third kappa shape index (κ3) is 18.3. The summed E-state index contributed by atoms with van der Waals surface area (Å²) in [6, 6.07) is 29.6. The third-order valence-electron chi connectivity index (χ3n) is 14.6. The van der Waals surface area contributed by atoms with Gasteiger partial charge < -0.3 is 38.7 Å². The molecule has 4 heterocycles. The molecule has 6 bridgehead atoms. The fraction of sp³-hybridized carbons (Fsp3) is 0.389. The van der Waals surface area contributed by atoms with Gasteiger partial charge >= 0.3 is 0 Å². The van der Waals surface area contributed by atoms with Crippen molar-refractivity contribution in [3.8, 4) is 50.6 Å². The Bertz CT molecular complexity index is 3190. The fourth-order valence-corrected chi connectivity index (χ4v) is 10.3. The first-order chi connectivity index (χ1) is 40.0. The van der Waals surface area contributed by atoms with Gasteiger partial charge in [-0.25, -0.2) is 9.97 Å². The number of benzene rings is 3. The Labute approximate surface area is 491 Å². The average molecular weight is 1110 g/mol. The molecule has 0 aliphatic carbocycles. The van der Waals surface area contributed by atoms with Crippen LogP contribution < -0.4 is 14.2 Å². The molecule has 0 saturated heterocycles. The van der Waals surface area contributed by atoms with Crippen molar-refractivity contribution in [3.05, 3.63) is 161 Å². The lowest BCUT2D eigenvalue weighted by Crippen LogP contribution is -2.15. The lowest BCUT2D eigenvalue weighted by molar-refractivity contribution is 0.209. The van der Waals surface area contributed by atoms with Crippen molar-refractivity contribution in [2.24, 2.45) is 0 Å². The molecule has 0 radical (unpaired) electrons. The van der Waals surface area contributed by atoms with Crippen molar-refractivity contribution in [1.29, 1.82) is 0 Å². The van der Waals surface area contributed by atoms with Crippen molar-refractivity contribution in [2.45, 2.75) is 118 Å². The van der Waals surface area contributed by atoms with Crippen molar-refractivity contribution >= 4 is 47.0 Å². The molecular formula is C72H92N6O4. The molecule has 0 unspecified atom stereocenters. The molecule has 10 nitrogen and oxygen atoms in total. The summed E-state index contributed by atoms with van der Waals surface area (Å²) >= 11 is 0. The van der Waals surface area contributed by atoms with Crippen LogP contribution >= 0.6 is 0 Å². The summed E-state index contributed by atoms with van der Waals surface area (Å²) in [6.45, 7) is 19.6. The number of allylic oxidation sites excluding steroid dienone is 6. The third-order valence-corrected chi connectivity index (χ3v) is 14.6. The molecule has 0 atom stereocenters. The lowest BCUT2D eigenvalue weighted by Gasteiger charge is -2.13. The standard InChI is InChI=1S/C72H92N6O4/c1-11-15-17-18-19-20-21-22-23-50-80-59-37-31-58(32-38-59)72-66-44-43-64(75-66)70(55(26-13-3)28-27-53(5)79-49-16-12-2)62(14-4)73-54(6)69(56-29-35-60(36-30-56)81-51-24-47-77(7)8)63-41-42-65(74-63)71(67-45-46-68(72)76-67)57-33-39-61(40-34-57)82-52-25-48-78(9)10/h13-14,26-46,73,76H,4,11-12,15-25,47-52H2,1-3,5-10H3/b26-13-,53-27+,55-28+,69-54?,70-62?,71-65?,72-66?. The van der Waals surface area contributed by atoms with Gasteiger partial charge in [0.05, 0.1) is 55.0 Å². The van der Waals surface area contributed by atoms with Crippen LogP contribution in [0.1, 0.15) is 151 Å². The van der Waals surface area contributed by atoms with Gasteiger partial charge in [-0.15, -0.1) is 0 Å². The lowest BCUT2D eigenvalue weighted by atomic mass is 9.99. The first-order valence-corrected chi connectivity index (χ1v) is 30.2. The highest BCUT2D eigenvalue weighted by Crippen LogP contribution is 2.38. The number of unbranched alkanes of at least 4 members (excludes halogenated alkanes) is 9. The van der Waals surface area contributed by atoms with Crippen LogP contribution in [0.5, 0.6) is 17.2 Å². The van der Waals surface area contributed by atoms with Crippen molar-refractivity contribution in [2.75, 3.05) is 67.7 Å². The normalized spacial score (nSPS) is 12.4. The predicted octanol–water partition coefficient (Wildman–Crippen LogP) is 18.3. The van der Waals surface area contributed by atoms with E-state index >= 15 is 0 Å². The Kier molecular flexibility index (Phi) is 25.0. The average Bonchev–Trinajstić information content (AvgIpc) is 4.17. The van der Waals surface area contributed by atoms with Crippen LogP contribution in [0.25, 0.3) is 80.4 Å². The molecule has 2 N–H and O–H groups in total. The van der Waals surface area contributed by atoms with E-state index in [1.165, 1.54) is 51.4 Å². The molecular weight excluding hydrogens is 1010 g/mol. The van der Waals surface area contributed by atoms with Gasteiger partial charge in [-0.05, 0) is 182 Å². The Morgan fingerprint density at radius 3 is 1.43 bits per heavy atom. The molecule has 3 aromatic carbocycles. The quantitative estimate of drug-likeness (QED) is 0.0244. The largest absolute Gasteiger partial charge is 0.498 e. The number of nitrogens with one attached hydrogen (secondary N) is 2. The van der Waals surface area contributed by atoms with E-state index in [0.717, 1.165) is 158 Å². The van der Waals surface area contributed by atoms with Gasteiger partial charge in [0.1, 0.15) is 17.2 Å². The second-order valence-corrected chi connectivity index (χ2v) is 21.9. The number of nitrogens with zero attached hydrogens (tertiary/aromatic N) is 4. The highest BCUT2D eigenvalue weighted by Gasteiger charge is 2.20. The second-order valence-electron chi connectivity index (χ2n) is 21.9. The number of H-pyrrole nitrogens is 2. The van der Waals surface area contributed by atoms with Gasteiger partial charge in [-0.3, -0.25) is 0 Å². The van der Waals surface area contributed by atoms with E-state index < -0.39 is 0 Å². The summed E-state index contributed by atoms with van der Waals surface area (Å²) in [5.41, 5.74) is 14.4. The molecule has 0 fully saturated rings. The molecule has 2 aromatic heterocycles. The number of aryl methyl sites for hydroxylation is 1. The predicted molar refractivity (Wildman–Crippen MR) is 349 cm³/mol. The zero-order valence-corrected chi connectivity index (χ0v) is 50.8. The van der Waals surface area contributed by atoms with Crippen molar-refractivity contribution < 1.29 is 18.9 Å². The van der Waals surface area contributed by atoms with E-state index in [4.69, 9.17) is 28.9 Å². The topological polar surface area (TPSA) is 101 Å². The maximum absolute atomic E-state index is 6.36. The number of aromatic nitrogens is 4. The molecule has 82 heavy (non-hydrogen) atoms. The summed E-state index contributed by atoms with van der Waals surface area (Å²) in [4.78, 5) is 23.3. The summed E-state index contributed by atoms with van der Waals surface area (Å²) in [7, 11) is 8.34. The van der Waals surface area contributed by atoms with Gasteiger partial charge in [0.15, 0.2) is 0 Å². The van der Waals surface area contributed by atoms with E-state index in [1.54, 1.807) is 0 Å². The van der Waals surface area contributed by atoms with Crippen LogP contribution in [0.3, 0.4) is 0 Å². The minimum atomic E-state index is 0.631. The molecule has 2 aliphatic heterocycles. The molecule has 2 aliphatic rings. The van der Waals surface area contributed by atoms with Crippen LogP contribution in [0, 0.1) is 6.92 Å². The molecule has 0 spiro atoms. The maximum Gasteiger partial charge on any atom is 0.119 e. The van der Waals surface area contributed by atoms with Crippen LogP contribution in [0.2, 0.25) is 0 Å². The smallest absolute Gasteiger partial charge is 0.119 e. The Morgan fingerprint density at radius 2 is 0.951 bits per heavy atom. The van der Waals surface area contributed by atoms with E-state index in [9.17, 15) is 0 Å². The summed E-state index contributed by atoms with van der Waals surface area (Å²) in [5, 5.41) is 0. The van der Waals surface area contributed by atoms with Gasteiger partial charge in [-0.2, -0.15) is 0 Å². The van der Waals surface area contributed by atoms with Gasteiger partial charge in [0.25, 0.3) is 0 Å². The SMILES string of the molecule is C=Cc1[nH]c(C)c(-c2ccc(OCCCN(C)C)cc2)c2nc(c(-c3ccc(OCCCN(C)C)cc3)c3ccc([nH]3)c(-c3ccc(OCCCCCCCCCCC)cc3)c3nc(c1C(/C=C\C)=C/C=C(\C)OCCCC)C=C3)C=C2. The van der Waals surface area contributed by atoms with Gasteiger partial charge in [-0.1, -0.05) is 133 Å². The first kappa shape index (κ1) is 62.2. The number of ether oxygens (including phenoxy) is 4. The van der Waals surface area contributed by atoms with E-state index in [-0.39, 0.29) is 0 Å². The summed E-state index contributed by atoms with van der Waals surface area (Å²) in [5.74, 6) is 3.35. The number of aromatic amines is 2. The minimum Gasteiger partial charge on any atom is -0.498 e. The highest BCUT2D eigenvalue weighted by atomic mass is 16.5. The minimum absolute atomic E-state index is 0.631. The second kappa shape index (κ2) is 32.9. The fourth-order valence-electron chi connectivity index (χ4n) is 10.3. The van der Waals surface area contributed by atoms with Crippen LogP contribution in [0.4, 0.5) is 0 Å². The van der Waals surface area contributed by atoms with E-state index in [0.29, 0.717) is 26.4 Å². The first-order valence-electron chi connectivity index (χ1n) is 30.2. The Balaban J connectivity index is 1.45. The zero-order chi connectivity index (χ0) is 58.1.